The van der Waals surface area contributed by atoms with Crippen molar-refractivity contribution in [3.8, 4) is 0 Å². The van der Waals surface area contributed by atoms with Crippen LogP contribution in [-0.4, -0.2) is 5.60 Å². The SMILES string of the molecule is CC(C)(C)OCc1ccoc1CN. The highest BCUT2D eigenvalue weighted by atomic mass is 16.5. The van der Waals surface area contributed by atoms with Gasteiger partial charge in [-0.1, -0.05) is 0 Å². The molecule has 3 heteroatoms. The Balaban J connectivity index is 2.54. The molecule has 3 nitrogen and oxygen atoms in total. The smallest absolute Gasteiger partial charge is 0.122 e. The molecule has 2 N–H and O–H groups in total. The number of rotatable bonds is 3. The van der Waals surface area contributed by atoms with Crippen LogP contribution in [0.25, 0.3) is 0 Å². The van der Waals surface area contributed by atoms with Gasteiger partial charge in [-0.2, -0.15) is 0 Å². The molecule has 0 radical (unpaired) electrons. The molecule has 0 aliphatic heterocycles. The molecule has 74 valence electrons. The monoisotopic (exact) mass is 183 g/mol. The van der Waals surface area contributed by atoms with E-state index in [0.29, 0.717) is 13.2 Å². The van der Waals surface area contributed by atoms with Gasteiger partial charge in [-0.3, -0.25) is 0 Å². The number of nitrogens with two attached hydrogens (primary N) is 1. The summed E-state index contributed by atoms with van der Waals surface area (Å²) in [5.41, 5.74) is 6.40. The number of ether oxygens (including phenoxy) is 1. The first-order valence-electron chi connectivity index (χ1n) is 4.42. The average Bonchev–Trinajstić information content (AvgIpc) is 2.46. The predicted octanol–water partition coefficient (Wildman–Crippen LogP) is 2.05. The van der Waals surface area contributed by atoms with E-state index in [1.807, 2.05) is 26.8 Å². The average molecular weight is 183 g/mol. The maximum atomic E-state index is 5.60. The quantitative estimate of drug-likeness (QED) is 0.780. The highest BCUT2D eigenvalue weighted by Gasteiger charge is 2.12. The van der Waals surface area contributed by atoms with Crippen LogP contribution in [0, 0.1) is 0 Å². The molecule has 1 heterocycles. The molecule has 1 aromatic rings. The van der Waals surface area contributed by atoms with Crippen LogP contribution in [0.1, 0.15) is 32.1 Å². The molecular weight excluding hydrogens is 166 g/mol. The van der Waals surface area contributed by atoms with Crippen molar-refractivity contribution < 1.29 is 9.15 Å². The van der Waals surface area contributed by atoms with Gasteiger partial charge in [0.25, 0.3) is 0 Å². The Hall–Kier alpha value is -0.800. The van der Waals surface area contributed by atoms with Crippen molar-refractivity contribution in [1.29, 1.82) is 0 Å². The summed E-state index contributed by atoms with van der Waals surface area (Å²) in [6.45, 7) is 7.06. The van der Waals surface area contributed by atoms with Gasteiger partial charge >= 0.3 is 0 Å². The molecule has 0 aliphatic carbocycles. The maximum Gasteiger partial charge on any atom is 0.122 e. The summed E-state index contributed by atoms with van der Waals surface area (Å²) in [6.07, 6.45) is 1.64. The number of hydrogen-bond acceptors (Lipinski definition) is 3. The summed E-state index contributed by atoms with van der Waals surface area (Å²) in [5, 5.41) is 0. The van der Waals surface area contributed by atoms with Crippen molar-refractivity contribution >= 4 is 0 Å². The molecule has 1 aromatic heterocycles. The third-order valence-corrected chi connectivity index (χ3v) is 1.68. The van der Waals surface area contributed by atoms with Crippen LogP contribution in [-0.2, 0) is 17.9 Å². The van der Waals surface area contributed by atoms with Crippen LogP contribution in [0.4, 0.5) is 0 Å². The van der Waals surface area contributed by atoms with E-state index >= 15 is 0 Å². The highest BCUT2D eigenvalue weighted by molar-refractivity contribution is 5.15. The van der Waals surface area contributed by atoms with Gasteiger partial charge in [-0.15, -0.1) is 0 Å². The lowest BCUT2D eigenvalue weighted by atomic mass is 10.2. The minimum Gasteiger partial charge on any atom is -0.468 e. The first-order valence-corrected chi connectivity index (χ1v) is 4.42. The molecule has 0 saturated carbocycles. The van der Waals surface area contributed by atoms with Crippen LogP contribution >= 0.6 is 0 Å². The third-order valence-electron chi connectivity index (χ3n) is 1.68. The molecule has 0 unspecified atom stereocenters. The van der Waals surface area contributed by atoms with Crippen LogP contribution in [0.5, 0.6) is 0 Å². The minimum absolute atomic E-state index is 0.122. The van der Waals surface area contributed by atoms with Crippen molar-refractivity contribution in [2.75, 3.05) is 0 Å². The van der Waals surface area contributed by atoms with Gasteiger partial charge in [0.1, 0.15) is 5.76 Å². The van der Waals surface area contributed by atoms with E-state index in [-0.39, 0.29) is 5.60 Å². The second kappa shape index (κ2) is 3.94. The third kappa shape index (κ3) is 3.20. The summed E-state index contributed by atoms with van der Waals surface area (Å²) in [7, 11) is 0. The van der Waals surface area contributed by atoms with Gasteiger partial charge < -0.3 is 14.9 Å². The van der Waals surface area contributed by atoms with Gasteiger partial charge in [-0.05, 0) is 26.8 Å². The zero-order chi connectivity index (χ0) is 9.90. The van der Waals surface area contributed by atoms with E-state index in [1.165, 1.54) is 0 Å². The molecular formula is C10H17NO2. The van der Waals surface area contributed by atoms with Crippen molar-refractivity contribution in [3.05, 3.63) is 23.7 Å². The predicted molar refractivity (Wildman–Crippen MR) is 51.1 cm³/mol. The van der Waals surface area contributed by atoms with Gasteiger partial charge in [0.2, 0.25) is 0 Å². The molecule has 0 bridgehead atoms. The van der Waals surface area contributed by atoms with Crippen LogP contribution in [0.2, 0.25) is 0 Å². The minimum atomic E-state index is -0.122. The zero-order valence-corrected chi connectivity index (χ0v) is 8.46. The largest absolute Gasteiger partial charge is 0.468 e. The molecule has 0 fully saturated rings. The van der Waals surface area contributed by atoms with E-state index in [9.17, 15) is 0 Å². The fraction of sp³-hybridized carbons (Fsp3) is 0.600. The Labute approximate surface area is 78.9 Å². The lowest BCUT2D eigenvalue weighted by Gasteiger charge is -2.19. The second-order valence-corrected chi connectivity index (χ2v) is 3.97. The molecule has 0 aromatic carbocycles. The van der Waals surface area contributed by atoms with Crippen LogP contribution < -0.4 is 5.73 Å². The van der Waals surface area contributed by atoms with Gasteiger partial charge in [-0.25, -0.2) is 0 Å². The summed E-state index contributed by atoms with van der Waals surface area (Å²) in [6, 6.07) is 1.90. The molecule has 0 amide bonds. The lowest BCUT2D eigenvalue weighted by Crippen LogP contribution is -2.19. The fourth-order valence-electron chi connectivity index (χ4n) is 0.969. The first-order chi connectivity index (χ1) is 6.03. The van der Waals surface area contributed by atoms with E-state index in [2.05, 4.69) is 0 Å². The molecule has 0 aliphatic rings. The Morgan fingerprint density at radius 1 is 1.46 bits per heavy atom. The second-order valence-electron chi connectivity index (χ2n) is 3.97. The Bertz CT molecular complexity index is 260. The van der Waals surface area contributed by atoms with Crippen molar-refractivity contribution in [2.24, 2.45) is 5.73 Å². The fourth-order valence-corrected chi connectivity index (χ4v) is 0.969. The standard InChI is InChI=1S/C10H17NO2/c1-10(2,3)13-7-8-4-5-12-9(8)6-11/h4-5H,6-7,11H2,1-3H3. The van der Waals surface area contributed by atoms with Gasteiger partial charge in [0.15, 0.2) is 0 Å². The zero-order valence-electron chi connectivity index (χ0n) is 8.46. The molecule has 13 heavy (non-hydrogen) atoms. The summed E-state index contributed by atoms with van der Waals surface area (Å²) in [5.74, 6) is 0.809. The molecule has 0 atom stereocenters. The summed E-state index contributed by atoms with van der Waals surface area (Å²) >= 11 is 0. The number of hydrogen-bond donors (Lipinski definition) is 1. The Morgan fingerprint density at radius 3 is 2.69 bits per heavy atom. The highest BCUT2D eigenvalue weighted by Crippen LogP contribution is 2.15. The molecule has 0 saturated heterocycles. The normalized spacial score (nSPS) is 12.0. The lowest BCUT2D eigenvalue weighted by molar-refractivity contribution is -0.0155. The van der Waals surface area contributed by atoms with Crippen molar-refractivity contribution in [3.63, 3.8) is 0 Å². The van der Waals surface area contributed by atoms with Crippen molar-refractivity contribution in [1.82, 2.24) is 0 Å². The maximum absolute atomic E-state index is 5.60. The number of furan rings is 1. The van der Waals surface area contributed by atoms with E-state index < -0.39 is 0 Å². The Kier molecular flexibility index (Phi) is 3.12. The van der Waals surface area contributed by atoms with E-state index in [4.69, 9.17) is 14.9 Å². The topological polar surface area (TPSA) is 48.4 Å². The van der Waals surface area contributed by atoms with Gasteiger partial charge in [0, 0.05) is 5.56 Å². The first kappa shape index (κ1) is 10.3. The summed E-state index contributed by atoms with van der Waals surface area (Å²) in [4.78, 5) is 0. The van der Waals surface area contributed by atoms with E-state index in [0.717, 1.165) is 11.3 Å². The summed E-state index contributed by atoms with van der Waals surface area (Å²) < 4.78 is 10.8. The molecule has 1 rings (SSSR count). The van der Waals surface area contributed by atoms with Gasteiger partial charge in [0.05, 0.1) is 25.0 Å². The van der Waals surface area contributed by atoms with Crippen molar-refractivity contribution in [2.45, 2.75) is 39.5 Å². The van der Waals surface area contributed by atoms with E-state index in [1.54, 1.807) is 6.26 Å². The Morgan fingerprint density at radius 2 is 2.15 bits per heavy atom. The van der Waals surface area contributed by atoms with Crippen LogP contribution in [0.15, 0.2) is 16.7 Å². The van der Waals surface area contributed by atoms with Crippen LogP contribution in [0.3, 0.4) is 0 Å². The molecule has 0 spiro atoms.